The molecule has 314 valence electrons. The van der Waals surface area contributed by atoms with E-state index in [1.807, 2.05) is 60.7 Å². The molecule has 0 fully saturated rings. The first-order chi connectivity index (χ1) is 32.8. The molecule has 0 aliphatic carbocycles. The van der Waals surface area contributed by atoms with Crippen molar-refractivity contribution in [3.8, 4) is 56.9 Å². The summed E-state index contributed by atoms with van der Waals surface area (Å²) in [5.74, 6) is 2.95. The molecule has 0 aliphatic heterocycles. The second kappa shape index (κ2) is 17.9. The summed E-state index contributed by atoms with van der Waals surface area (Å²) in [7, 11) is 0. The molecule has 0 amide bonds. The zero-order chi connectivity index (χ0) is 44.1. The predicted octanol–water partition coefficient (Wildman–Crippen LogP) is 14.5. The maximum Gasteiger partial charge on any atom is 0.168 e. The number of hydrogen-bond donors (Lipinski definition) is 0. The van der Waals surface area contributed by atoms with Crippen LogP contribution in [0, 0.1) is 0 Å². The number of benzene rings is 9. The Balaban J connectivity index is 0.937. The highest BCUT2D eigenvalue weighted by Gasteiger charge is 2.22. The summed E-state index contributed by atoms with van der Waals surface area (Å²) in [5, 5.41) is 19.3. The van der Waals surface area contributed by atoms with Crippen molar-refractivity contribution in [1.82, 2.24) is 29.5 Å². The molecule has 11 rings (SSSR count). The van der Waals surface area contributed by atoms with Crippen molar-refractivity contribution in [1.29, 1.82) is 0 Å². The van der Waals surface area contributed by atoms with Gasteiger partial charge in [-0.15, -0.1) is 20.4 Å². The molecular weight excluding hydrogens is 809 g/mol. The van der Waals surface area contributed by atoms with E-state index in [0.29, 0.717) is 0 Å². The molecule has 0 unspecified atom stereocenters. The molecule has 0 aliphatic rings. The highest BCUT2D eigenvalue weighted by Crippen LogP contribution is 2.39. The summed E-state index contributed by atoms with van der Waals surface area (Å²) in [6, 6.07) is 87.6. The van der Waals surface area contributed by atoms with Crippen LogP contribution < -0.4 is 9.80 Å². The predicted molar refractivity (Wildman–Crippen MR) is 267 cm³/mol. The molecule has 0 atom stereocenters. The molecule has 11 aromatic rings. The highest BCUT2D eigenvalue weighted by atomic mass is 15.3. The summed E-state index contributed by atoms with van der Waals surface area (Å²) in [5.41, 5.74) is 12.1. The van der Waals surface area contributed by atoms with Gasteiger partial charge in [0.15, 0.2) is 23.3 Å². The molecule has 0 bridgehead atoms. The molecule has 0 spiro atoms. The van der Waals surface area contributed by atoms with Crippen LogP contribution in [-0.4, -0.2) is 29.5 Å². The average Bonchev–Trinajstić information content (AvgIpc) is 4.05. The van der Waals surface area contributed by atoms with E-state index in [2.05, 4.69) is 213 Å². The van der Waals surface area contributed by atoms with Crippen LogP contribution in [-0.2, 0) is 0 Å². The van der Waals surface area contributed by atoms with Crippen molar-refractivity contribution in [2.24, 2.45) is 0 Å². The number of para-hydroxylation sites is 6. The first-order valence-electron chi connectivity index (χ1n) is 21.9. The molecule has 0 saturated carbocycles. The van der Waals surface area contributed by atoms with E-state index in [1.165, 1.54) is 0 Å². The van der Waals surface area contributed by atoms with Gasteiger partial charge in [0.1, 0.15) is 0 Å². The maximum absolute atomic E-state index is 4.83. The normalized spacial score (nSPS) is 11.0. The van der Waals surface area contributed by atoms with E-state index < -0.39 is 0 Å². The van der Waals surface area contributed by atoms with Crippen LogP contribution in [0.3, 0.4) is 0 Å². The zero-order valence-corrected chi connectivity index (χ0v) is 35.8. The van der Waals surface area contributed by atoms with E-state index in [1.54, 1.807) is 0 Å². The van der Waals surface area contributed by atoms with Crippen LogP contribution in [0.4, 0.5) is 34.1 Å². The van der Waals surface area contributed by atoms with Gasteiger partial charge in [0.2, 0.25) is 0 Å². The number of hydrogen-bond acceptors (Lipinski definition) is 6. The summed E-state index contributed by atoms with van der Waals surface area (Å²) in [4.78, 5) is 4.51. The number of rotatable bonds is 12. The Morgan fingerprint density at radius 1 is 0.212 bits per heavy atom. The average molecular weight is 851 g/mol. The van der Waals surface area contributed by atoms with Crippen LogP contribution in [0.15, 0.2) is 255 Å². The van der Waals surface area contributed by atoms with Gasteiger partial charge in [-0.1, -0.05) is 133 Å². The van der Waals surface area contributed by atoms with Crippen LogP contribution in [0.2, 0.25) is 0 Å². The first-order valence-corrected chi connectivity index (χ1v) is 21.9. The minimum absolute atomic E-state index is 0.729. The van der Waals surface area contributed by atoms with E-state index in [-0.39, 0.29) is 0 Å². The van der Waals surface area contributed by atoms with Crippen molar-refractivity contribution in [2.75, 3.05) is 9.80 Å². The SMILES string of the molecule is c1ccc(N(c2ccccc2)c2ccc(-c3nnc(-c4ccc(-c5nnc(-c6ccc(N(c7ccccc7)c7ccccc7)cc6)n5-c5ccccc5)cc4)n3-c3ccccc3)cc2)cc1. The Kier molecular flexibility index (Phi) is 10.8. The third kappa shape index (κ3) is 7.80. The smallest absolute Gasteiger partial charge is 0.168 e. The molecule has 2 heterocycles. The summed E-state index contributed by atoms with van der Waals surface area (Å²) in [6.45, 7) is 0. The van der Waals surface area contributed by atoms with E-state index in [9.17, 15) is 0 Å². The van der Waals surface area contributed by atoms with E-state index >= 15 is 0 Å². The van der Waals surface area contributed by atoms with Gasteiger partial charge >= 0.3 is 0 Å². The molecule has 8 nitrogen and oxygen atoms in total. The Labute approximate surface area is 383 Å². The lowest BCUT2D eigenvalue weighted by Crippen LogP contribution is -2.09. The fourth-order valence-corrected chi connectivity index (χ4v) is 8.45. The zero-order valence-electron chi connectivity index (χ0n) is 35.8. The van der Waals surface area contributed by atoms with Gasteiger partial charge in [0.05, 0.1) is 0 Å². The minimum atomic E-state index is 0.729. The van der Waals surface area contributed by atoms with Crippen molar-refractivity contribution >= 4 is 34.1 Å². The second-order valence-corrected chi connectivity index (χ2v) is 15.7. The van der Waals surface area contributed by atoms with Gasteiger partial charge in [-0.25, -0.2) is 0 Å². The largest absolute Gasteiger partial charge is 0.311 e. The highest BCUT2D eigenvalue weighted by molar-refractivity contribution is 5.80. The molecule has 66 heavy (non-hydrogen) atoms. The van der Waals surface area contributed by atoms with Gasteiger partial charge < -0.3 is 9.80 Å². The lowest BCUT2D eigenvalue weighted by Gasteiger charge is -2.25. The number of anilines is 6. The molecule has 0 saturated heterocycles. The van der Waals surface area contributed by atoms with Gasteiger partial charge in [0.25, 0.3) is 0 Å². The Hall–Kier alpha value is -9.14. The monoisotopic (exact) mass is 850 g/mol. The lowest BCUT2D eigenvalue weighted by molar-refractivity contribution is 1.07. The molecule has 2 aromatic heterocycles. The van der Waals surface area contributed by atoms with Gasteiger partial charge in [0, 0.05) is 67.8 Å². The fourth-order valence-electron chi connectivity index (χ4n) is 8.45. The molecule has 8 heteroatoms. The van der Waals surface area contributed by atoms with Crippen molar-refractivity contribution in [3.63, 3.8) is 0 Å². The molecule has 9 aromatic carbocycles. The van der Waals surface area contributed by atoms with Crippen LogP contribution in [0.5, 0.6) is 0 Å². The Morgan fingerprint density at radius 2 is 0.409 bits per heavy atom. The molecule has 0 N–H and O–H groups in total. The van der Waals surface area contributed by atoms with Gasteiger partial charge in [-0.3, -0.25) is 9.13 Å². The second-order valence-electron chi connectivity index (χ2n) is 15.7. The molecule has 0 radical (unpaired) electrons. The lowest BCUT2D eigenvalue weighted by atomic mass is 10.1. The Morgan fingerprint density at radius 3 is 0.652 bits per heavy atom. The van der Waals surface area contributed by atoms with Crippen molar-refractivity contribution < 1.29 is 0 Å². The third-order valence-corrected chi connectivity index (χ3v) is 11.6. The topological polar surface area (TPSA) is 67.9 Å². The number of aromatic nitrogens is 6. The summed E-state index contributed by atoms with van der Waals surface area (Å²) in [6.07, 6.45) is 0. The summed E-state index contributed by atoms with van der Waals surface area (Å²) >= 11 is 0. The van der Waals surface area contributed by atoms with Gasteiger partial charge in [-0.05, 0) is 121 Å². The van der Waals surface area contributed by atoms with E-state index in [0.717, 1.165) is 91.1 Å². The Bertz CT molecular complexity index is 3000. The molecular formula is C58H42N8. The maximum atomic E-state index is 4.83. The quantitative estimate of drug-likeness (QED) is 0.122. The summed E-state index contributed by atoms with van der Waals surface area (Å²) < 4.78 is 4.25. The van der Waals surface area contributed by atoms with Gasteiger partial charge in [-0.2, -0.15) is 0 Å². The van der Waals surface area contributed by atoms with Crippen molar-refractivity contribution in [3.05, 3.63) is 255 Å². The fraction of sp³-hybridized carbons (Fsp3) is 0. The van der Waals surface area contributed by atoms with E-state index in [4.69, 9.17) is 20.4 Å². The number of nitrogens with zero attached hydrogens (tertiary/aromatic N) is 8. The van der Waals surface area contributed by atoms with Crippen LogP contribution in [0.25, 0.3) is 56.9 Å². The first kappa shape index (κ1) is 39.7. The third-order valence-electron chi connectivity index (χ3n) is 11.6. The van der Waals surface area contributed by atoms with Crippen LogP contribution >= 0.6 is 0 Å². The van der Waals surface area contributed by atoms with Crippen molar-refractivity contribution in [2.45, 2.75) is 0 Å². The minimum Gasteiger partial charge on any atom is -0.311 e. The standard InChI is InChI=1S/C58H42N8/c1-7-19-47(20-8-1)63(48-21-9-2-10-22-48)53-39-35-45(36-40-53)57-61-59-55(65(57)51-27-15-5-16-28-51)43-31-33-44(34-32-43)56-60-62-58(66(56)52-29-17-6-18-30-52)46-37-41-54(42-38-46)64(49-23-11-3-12-24-49)50-25-13-4-14-26-50/h1-42H. The van der Waals surface area contributed by atoms with Crippen LogP contribution in [0.1, 0.15) is 0 Å².